The lowest BCUT2D eigenvalue weighted by atomic mass is 10.1. The Bertz CT molecular complexity index is 1420. The largest absolute Gasteiger partial charge is 0.382 e. The second-order valence-corrected chi connectivity index (χ2v) is 8.09. The van der Waals surface area contributed by atoms with E-state index in [1.165, 1.54) is 5.01 Å². The lowest BCUT2D eigenvalue weighted by Gasteiger charge is -2.21. The van der Waals surface area contributed by atoms with Crippen LogP contribution in [0.5, 0.6) is 0 Å². The molecule has 8 nitrogen and oxygen atoms in total. The van der Waals surface area contributed by atoms with Gasteiger partial charge in [-0.1, -0.05) is 29.3 Å². The molecule has 0 aliphatic heterocycles. The summed E-state index contributed by atoms with van der Waals surface area (Å²) in [5.41, 5.74) is 10.9. The molecule has 2 aromatic carbocycles. The Kier molecular flexibility index (Phi) is 5.18. The van der Waals surface area contributed by atoms with E-state index in [1.807, 2.05) is 41.1 Å². The van der Waals surface area contributed by atoms with Gasteiger partial charge >= 0.3 is 0 Å². The summed E-state index contributed by atoms with van der Waals surface area (Å²) in [4.78, 5) is 4.36. The first kappa shape index (κ1) is 20.3. The van der Waals surface area contributed by atoms with Crippen molar-refractivity contribution >= 4 is 51.3 Å². The molecule has 0 amide bonds. The van der Waals surface area contributed by atoms with Gasteiger partial charge in [-0.05, 0) is 48.0 Å². The van der Waals surface area contributed by atoms with Gasteiger partial charge in [-0.2, -0.15) is 10.2 Å². The molecule has 0 saturated heterocycles. The van der Waals surface area contributed by atoms with E-state index in [2.05, 4.69) is 20.3 Å². The van der Waals surface area contributed by atoms with Crippen molar-refractivity contribution in [1.29, 1.82) is 0 Å². The lowest BCUT2D eigenvalue weighted by molar-refractivity contribution is 0.694. The molecule has 32 heavy (non-hydrogen) atoms. The highest BCUT2D eigenvalue weighted by Gasteiger charge is 2.15. The standard InChI is InChI=1S/C22H18Cl2N8/c23-16-3-1-14(18(24)8-16)12-31-20(5-6-29-31)15-7-21(22(25)27-10-15)32(26)17-4-2-13-11-28-30-19(13)9-17/h1-11H,12,26H2,(H2,25,27)(H,28,30). The normalized spacial score (nSPS) is 11.2. The van der Waals surface area contributed by atoms with E-state index in [-0.39, 0.29) is 0 Å². The Hall–Kier alpha value is -3.59. The van der Waals surface area contributed by atoms with E-state index in [4.69, 9.17) is 34.8 Å². The number of aromatic nitrogens is 5. The van der Waals surface area contributed by atoms with Crippen LogP contribution >= 0.6 is 23.2 Å². The van der Waals surface area contributed by atoms with Crippen molar-refractivity contribution in [2.75, 3.05) is 10.7 Å². The molecular formula is C22H18Cl2N8. The smallest absolute Gasteiger partial charge is 0.148 e. The van der Waals surface area contributed by atoms with Gasteiger partial charge in [0.15, 0.2) is 0 Å². The first-order chi connectivity index (χ1) is 15.5. The Labute approximate surface area is 193 Å². The van der Waals surface area contributed by atoms with Crippen molar-refractivity contribution in [2.24, 2.45) is 5.84 Å². The third kappa shape index (κ3) is 3.75. The van der Waals surface area contributed by atoms with Crippen LogP contribution < -0.4 is 16.6 Å². The fourth-order valence-electron chi connectivity index (χ4n) is 3.53. The Morgan fingerprint density at radius 2 is 1.91 bits per heavy atom. The van der Waals surface area contributed by atoms with E-state index in [9.17, 15) is 0 Å². The van der Waals surface area contributed by atoms with E-state index in [0.29, 0.717) is 28.1 Å². The number of nitrogen functional groups attached to an aromatic ring is 1. The number of H-pyrrole nitrogens is 1. The molecule has 5 N–H and O–H groups in total. The summed E-state index contributed by atoms with van der Waals surface area (Å²) < 4.78 is 1.84. The maximum Gasteiger partial charge on any atom is 0.148 e. The van der Waals surface area contributed by atoms with Gasteiger partial charge in [0.1, 0.15) is 11.5 Å². The number of halogens is 2. The van der Waals surface area contributed by atoms with Crippen LogP contribution in [0, 0.1) is 0 Å². The van der Waals surface area contributed by atoms with Crippen LogP contribution in [0.2, 0.25) is 10.0 Å². The molecule has 0 saturated carbocycles. The van der Waals surface area contributed by atoms with Crippen LogP contribution in [0.3, 0.4) is 0 Å². The topological polar surface area (TPSA) is 115 Å². The van der Waals surface area contributed by atoms with E-state index in [0.717, 1.165) is 33.4 Å². The Balaban J connectivity index is 1.50. The molecule has 5 rings (SSSR count). The molecule has 0 spiro atoms. The van der Waals surface area contributed by atoms with Gasteiger partial charge in [-0.15, -0.1) is 0 Å². The molecule has 10 heteroatoms. The van der Waals surface area contributed by atoms with Crippen molar-refractivity contribution in [3.05, 3.63) is 82.7 Å². The van der Waals surface area contributed by atoms with E-state index >= 15 is 0 Å². The highest BCUT2D eigenvalue weighted by atomic mass is 35.5. The molecule has 3 aromatic heterocycles. The van der Waals surface area contributed by atoms with Gasteiger partial charge in [-0.25, -0.2) is 10.8 Å². The molecule has 0 atom stereocenters. The van der Waals surface area contributed by atoms with Gasteiger partial charge in [0, 0.05) is 33.4 Å². The maximum absolute atomic E-state index is 6.42. The van der Waals surface area contributed by atoms with E-state index < -0.39 is 0 Å². The van der Waals surface area contributed by atoms with Crippen molar-refractivity contribution in [3.8, 4) is 11.3 Å². The van der Waals surface area contributed by atoms with Gasteiger partial charge in [-0.3, -0.25) is 14.8 Å². The Morgan fingerprint density at radius 3 is 2.75 bits per heavy atom. The monoisotopic (exact) mass is 464 g/mol. The SMILES string of the molecule is Nc1ncc(-c2ccnn2Cc2ccc(Cl)cc2Cl)cc1N(N)c1ccc2cn[nH]c2c1. The third-order valence-corrected chi connectivity index (χ3v) is 5.80. The van der Waals surface area contributed by atoms with Crippen LogP contribution in [-0.4, -0.2) is 25.0 Å². The molecule has 5 aromatic rings. The number of aromatic amines is 1. The van der Waals surface area contributed by atoms with Crippen molar-refractivity contribution in [2.45, 2.75) is 6.54 Å². The number of nitrogens with one attached hydrogen (secondary N) is 1. The molecule has 0 aliphatic carbocycles. The highest BCUT2D eigenvalue weighted by molar-refractivity contribution is 6.35. The summed E-state index contributed by atoms with van der Waals surface area (Å²) in [5.74, 6) is 6.73. The number of rotatable bonds is 5. The van der Waals surface area contributed by atoms with Crippen LogP contribution in [0.25, 0.3) is 22.2 Å². The molecule has 3 heterocycles. The average Bonchev–Trinajstić information content (AvgIpc) is 3.44. The lowest BCUT2D eigenvalue weighted by Crippen LogP contribution is -2.26. The zero-order valence-corrected chi connectivity index (χ0v) is 18.2. The predicted octanol–water partition coefficient (Wildman–Crippen LogP) is 4.77. The fraction of sp³-hybridized carbons (Fsp3) is 0.0455. The zero-order chi connectivity index (χ0) is 22.2. The van der Waals surface area contributed by atoms with Crippen molar-refractivity contribution in [1.82, 2.24) is 25.0 Å². The quantitative estimate of drug-likeness (QED) is 0.255. The Morgan fingerprint density at radius 1 is 1.03 bits per heavy atom. The molecule has 0 fully saturated rings. The molecule has 0 aliphatic rings. The molecule has 0 bridgehead atoms. The summed E-state index contributed by atoms with van der Waals surface area (Å²) in [5, 5.41) is 15.1. The number of anilines is 3. The number of fused-ring (bicyclic) bond motifs is 1. The molecular weight excluding hydrogens is 447 g/mol. The fourth-order valence-corrected chi connectivity index (χ4v) is 3.99. The average molecular weight is 465 g/mol. The van der Waals surface area contributed by atoms with Crippen LogP contribution in [0.4, 0.5) is 17.2 Å². The van der Waals surface area contributed by atoms with Crippen LogP contribution in [-0.2, 0) is 6.54 Å². The minimum absolute atomic E-state index is 0.313. The molecule has 160 valence electrons. The number of nitrogens with two attached hydrogens (primary N) is 2. The predicted molar refractivity (Wildman–Crippen MR) is 128 cm³/mol. The van der Waals surface area contributed by atoms with Gasteiger partial charge < -0.3 is 5.73 Å². The van der Waals surface area contributed by atoms with E-state index in [1.54, 1.807) is 30.7 Å². The zero-order valence-electron chi connectivity index (χ0n) is 16.7. The molecule has 0 radical (unpaired) electrons. The summed E-state index contributed by atoms with van der Waals surface area (Å²) in [6, 6.07) is 14.9. The number of nitrogens with zero attached hydrogens (tertiary/aromatic N) is 5. The molecule has 0 unspecified atom stereocenters. The first-order valence-electron chi connectivity index (χ1n) is 9.69. The minimum Gasteiger partial charge on any atom is -0.382 e. The number of hydrogen-bond acceptors (Lipinski definition) is 6. The van der Waals surface area contributed by atoms with Gasteiger partial charge in [0.05, 0.1) is 29.6 Å². The number of hydrazine groups is 1. The number of hydrogen-bond donors (Lipinski definition) is 3. The minimum atomic E-state index is 0.313. The highest BCUT2D eigenvalue weighted by Crippen LogP contribution is 2.32. The number of benzene rings is 2. The summed E-state index contributed by atoms with van der Waals surface area (Å²) in [7, 11) is 0. The third-order valence-electron chi connectivity index (χ3n) is 5.21. The second-order valence-electron chi connectivity index (χ2n) is 7.25. The van der Waals surface area contributed by atoms with Gasteiger partial charge in [0.25, 0.3) is 0 Å². The number of pyridine rings is 1. The van der Waals surface area contributed by atoms with Crippen LogP contribution in [0.15, 0.2) is 67.1 Å². The second kappa shape index (κ2) is 8.16. The summed E-state index contributed by atoms with van der Waals surface area (Å²) >= 11 is 12.4. The van der Waals surface area contributed by atoms with Crippen molar-refractivity contribution < 1.29 is 0 Å². The maximum atomic E-state index is 6.42. The summed E-state index contributed by atoms with van der Waals surface area (Å²) in [6.45, 7) is 0.473. The van der Waals surface area contributed by atoms with Gasteiger partial charge in [0.2, 0.25) is 0 Å². The summed E-state index contributed by atoms with van der Waals surface area (Å²) in [6.07, 6.45) is 5.17. The van der Waals surface area contributed by atoms with Crippen molar-refractivity contribution in [3.63, 3.8) is 0 Å². The first-order valence-corrected chi connectivity index (χ1v) is 10.4. The van der Waals surface area contributed by atoms with Crippen LogP contribution in [0.1, 0.15) is 5.56 Å².